The Morgan fingerprint density at radius 2 is 2.00 bits per heavy atom. The number of benzene rings is 1. The molecule has 1 heterocycles. The van der Waals surface area contributed by atoms with E-state index >= 15 is 0 Å². The van der Waals surface area contributed by atoms with Gasteiger partial charge in [-0.25, -0.2) is 0 Å². The van der Waals surface area contributed by atoms with Crippen LogP contribution in [0.25, 0.3) is 0 Å². The highest BCUT2D eigenvalue weighted by molar-refractivity contribution is 5.52. The zero-order valence-corrected chi connectivity index (χ0v) is 12.8. The quantitative estimate of drug-likeness (QED) is 0.893. The molecule has 0 amide bonds. The molecule has 0 aliphatic carbocycles. The van der Waals surface area contributed by atoms with Crippen LogP contribution in [0.1, 0.15) is 31.4 Å². The van der Waals surface area contributed by atoms with E-state index in [0.717, 1.165) is 26.1 Å². The van der Waals surface area contributed by atoms with Crippen LogP contribution in [-0.2, 0) is 6.18 Å². The summed E-state index contributed by atoms with van der Waals surface area (Å²) in [5.41, 5.74) is 0.417. The molecule has 2 rings (SSSR count). The van der Waals surface area contributed by atoms with Gasteiger partial charge in [0.15, 0.2) is 0 Å². The fourth-order valence-corrected chi connectivity index (χ4v) is 2.74. The maximum absolute atomic E-state index is 13.1. The van der Waals surface area contributed by atoms with Crippen molar-refractivity contribution in [2.45, 2.75) is 39.4 Å². The third kappa shape index (κ3) is 3.90. The summed E-state index contributed by atoms with van der Waals surface area (Å²) >= 11 is 0. The average Bonchev–Trinajstić information content (AvgIpc) is 2.63. The highest BCUT2D eigenvalue weighted by Gasteiger charge is 2.33. The second-order valence-corrected chi connectivity index (χ2v) is 6.10. The maximum Gasteiger partial charge on any atom is 0.416 e. The van der Waals surface area contributed by atoms with E-state index in [2.05, 4.69) is 24.1 Å². The van der Waals surface area contributed by atoms with Gasteiger partial charge in [-0.1, -0.05) is 19.9 Å². The summed E-state index contributed by atoms with van der Waals surface area (Å²) in [6, 6.07) is 4.97. The molecule has 2 nitrogen and oxygen atoms in total. The van der Waals surface area contributed by atoms with Crippen LogP contribution in [0.15, 0.2) is 18.2 Å². The van der Waals surface area contributed by atoms with E-state index in [1.807, 2.05) is 0 Å². The SMILES string of the molecule is Cc1ccc(N2CCCNC(C(C)C)C2)cc1C(F)(F)F. The Labute approximate surface area is 124 Å². The summed E-state index contributed by atoms with van der Waals surface area (Å²) in [4.78, 5) is 2.07. The minimum atomic E-state index is -4.29. The molecule has 0 bridgehead atoms. The predicted octanol–water partition coefficient (Wildman–Crippen LogP) is 3.84. The van der Waals surface area contributed by atoms with Gasteiger partial charge >= 0.3 is 6.18 Å². The van der Waals surface area contributed by atoms with Crippen LogP contribution in [0.5, 0.6) is 0 Å². The van der Waals surface area contributed by atoms with Gasteiger partial charge in [0.05, 0.1) is 5.56 Å². The molecule has 1 aromatic rings. The highest BCUT2D eigenvalue weighted by Crippen LogP contribution is 2.34. The van der Waals surface area contributed by atoms with E-state index in [1.165, 1.54) is 13.0 Å². The van der Waals surface area contributed by atoms with Gasteiger partial charge in [0.2, 0.25) is 0 Å². The van der Waals surface area contributed by atoms with Crippen LogP contribution in [0.2, 0.25) is 0 Å². The van der Waals surface area contributed by atoms with Crippen molar-refractivity contribution >= 4 is 5.69 Å². The lowest BCUT2D eigenvalue weighted by Crippen LogP contribution is -2.41. The van der Waals surface area contributed by atoms with Gasteiger partial charge in [0.25, 0.3) is 0 Å². The maximum atomic E-state index is 13.1. The van der Waals surface area contributed by atoms with Crippen molar-refractivity contribution < 1.29 is 13.2 Å². The number of aryl methyl sites for hydroxylation is 1. The van der Waals surface area contributed by atoms with E-state index in [1.54, 1.807) is 12.1 Å². The standard InChI is InChI=1S/C16H23F3N2/c1-11(2)15-10-21(8-4-7-20-15)13-6-5-12(3)14(9-13)16(17,18)19/h5-6,9,11,15,20H,4,7-8,10H2,1-3H3. The molecule has 0 radical (unpaired) electrons. The Kier molecular flexibility index (Phi) is 4.81. The predicted molar refractivity (Wildman–Crippen MR) is 79.6 cm³/mol. The van der Waals surface area contributed by atoms with Crippen molar-refractivity contribution in [1.29, 1.82) is 0 Å². The van der Waals surface area contributed by atoms with Crippen molar-refractivity contribution in [1.82, 2.24) is 5.32 Å². The van der Waals surface area contributed by atoms with E-state index < -0.39 is 11.7 Å². The lowest BCUT2D eigenvalue weighted by atomic mass is 10.0. The smallest absolute Gasteiger partial charge is 0.370 e. The summed E-state index contributed by atoms with van der Waals surface area (Å²) in [6.07, 6.45) is -3.35. The largest absolute Gasteiger partial charge is 0.416 e. The summed E-state index contributed by atoms with van der Waals surface area (Å²) in [7, 11) is 0. The molecule has 118 valence electrons. The Morgan fingerprint density at radius 3 is 2.62 bits per heavy atom. The first kappa shape index (κ1) is 16.1. The van der Waals surface area contributed by atoms with Crippen LogP contribution in [-0.4, -0.2) is 25.7 Å². The van der Waals surface area contributed by atoms with Gasteiger partial charge in [-0.15, -0.1) is 0 Å². The van der Waals surface area contributed by atoms with Gasteiger partial charge in [-0.2, -0.15) is 13.2 Å². The summed E-state index contributed by atoms with van der Waals surface area (Å²) < 4.78 is 39.2. The third-order valence-corrected chi connectivity index (χ3v) is 4.12. The monoisotopic (exact) mass is 300 g/mol. The molecule has 0 aromatic heterocycles. The number of rotatable bonds is 2. The van der Waals surface area contributed by atoms with Gasteiger partial charge < -0.3 is 10.2 Å². The second-order valence-electron chi connectivity index (χ2n) is 6.10. The Hall–Kier alpha value is -1.23. The first-order chi connectivity index (χ1) is 9.79. The summed E-state index contributed by atoms with van der Waals surface area (Å²) in [5.74, 6) is 0.457. The average molecular weight is 300 g/mol. The molecule has 1 unspecified atom stereocenters. The highest BCUT2D eigenvalue weighted by atomic mass is 19.4. The van der Waals surface area contributed by atoms with Crippen LogP contribution in [0.4, 0.5) is 18.9 Å². The number of anilines is 1. The molecule has 1 atom stereocenters. The van der Waals surface area contributed by atoms with Gasteiger partial charge in [0.1, 0.15) is 0 Å². The molecule has 5 heteroatoms. The molecule has 1 aliphatic rings. The number of nitrogens with zero attached hydrogens (tertiary/aromatic N) is 1. The van der Waals surface area contributed by atoms with Crippen molar-refractivity contribution in [2.75, 3.05) is 24.5 Å². The van der Waals surface area contributed by atoms with Crippen LogP contribution in [0.3, 0.4) is 0 Å². The first-order valence-corrected chi connectivity index (χ1v) is 7.45. The number of nitrogens with one attached hydrogen (secondary N) is 1. The fraction of sp³-hybridized carbons (Fsp3) is 0.625. The van der Waals surface area contributed by atoms with Crippen LogP contribution >= 0.6 is 0 Å². The topological polar surface area (TPSA) is 15.3 Å². The number of alkyl halides is 3. The Morgan fingerprint density at radius 1 is 1.29 bits per heavy atom. The molecule has 1 fully saturated rings. The van der Waals surface area contributed by atoms with E-state index in [-0.39, 0.29) is 5.56 Å². The van der Waals surface area contributed by atoms with Crippen molar-refractivity contribution in [2.24, 2.45) is 5.92 Å². The normalized spacial score (nSPS) is 20.7. The molecule has 1 aliphatic heterocycles. The number of halogens is 3. The van der Waals surface area contributed by atoms with Crippen molar-refractivity contribution in [3.05, 3.63) is 29.3 Å². The van der Waals surface area contributed by atoms with Crippen molar-refractivity contribution in [3.63, 3.8) is 0 Å². The third-order valence-electron chi connectivity index (χ3n) is 4.12. The zero-order valence-electron chi connectivity index (χ0n) is 12.8. The number of hydrogen-bond donors (Lipinski definition) is 1. The molecule has 21 heavy (non-hydrogen) atoms. The Bertz CT molecular complexity index is 483. The lowest BCUT2D eigenvalue weighted by molar-refractivity contribution is -0.138. The zero-order chi connectivity index (χ0) is 15.6. The van der Waals surface area contributed by atoms with Crippen molar-refractivity contribution in [3.8, 4) is 0 Å². The van der Waals surface area contributed by atoms with E-state index in [0.29, 0.717) is 17.6 Å². The summed E-state index contributed by atoms with van der Waals surface area (Å²) in [5, 5.41) is 3.47. The molecular weight excluding hydrogens is 277 g/mol. The van der Waals surface area contributed by atoms with E-state index in [9.17, 15) is 13.2 Å². The van der Waals surface area contributed by atoms with Gasteiger partial charge in [0, 0.05) is 24.8 Å². The van der Waals surface area contributed by atoms with Crippen LogP contribution < -0.4 is 10.2 Å². The molecular formula is C16H23F3N2. The molecule has 1 N–H and O–H groups in total. The molecule has 0 saturated carbocycles. The fourth-order valence-electron chi connectivity index (χ4n) is 2.74. The lowest BCUT2D eigenvalue weighted by Gasteiger charge is -2.29. The molecule has 1 aromatic carbocycles. The van der Waals surface area contributed by atoms with Gasteiger partial charge in [-0.05, 0) is 43.5 Å². The summed E-state index contributed by atoms with van der Waals surface area (Å²) in [6.45, 7) is 8.23. The molecule has 0 spiro atoms. The minimum Gasteiger partial charge on any atom is -0.370 e. The van der Waals surface area contributed by atoms with Gasteiger partial charge in [-0.3, -0.25) is 0 Å². The minimum absolute atomic E-state index is 0.277. The van der Waals surface area contributed by atoms with Crippen LogP contribution in [0, 0.1) is 12.8 Å². The molecule has 1 saturated heterocycles. The Balaban J connectivity index is 2.28. The van der Waals surface area contributed by atoms with E-state index in [4.69, 9.17) is 0 Å². The first-order valence-electron chi connectivity index (χ1n) is 7.45. The second kappa shape index (κ2) is 6.26. The number of hydrogen-bond acceptors (Lipinski definition) is 2.